The Bertz CT molecular complexity index is 797. The Morgan fingerprint density at radius 1 is 0.955 bits per heavy atom. The summed E-state index contributed by atoms with van der Waals surface area (Å²) in [6, 6.07) is 12.2. The molecule has 22 heavy (non-hydrogen) atoms. The minimum Gasteiger partial charge on any atom is -0.324 e. The molecule has 2 aromatic heterocycles. The number of aromatic nitrogens is 3. The average Bonchev–Trinajstić information content (AvgIpc) is 2.51. The second-order valence-corrected chi connectivity index (χ2v) is 5.40. The van der Waals surface area contributed by atoms with Crippen molar-refractivity contribution in [2.24, 2.45) is 0 Å². The largest absolute Gasteiger partial charge is 0.324 e. The van der Waals surface area contributed by atoms with Gasteiger partial charge in [0.25, 0.3) is 0 Å². The van der Waals surface area contributed by atoms with E-state index in [0.29, 0.717) is 5.95 Å². The number of anilines is 2. The summed E-state index contributed by atoms with van der Waals surface area (Å²) in [5.74, 6) is 0.604. The molecule has 0 spiro atoms. The molecule has 4 nitrogen and oxygen atoms in total. The van der Waals surface area contributed by atoms with Crippen LogP contribution in [-0.2, 0) is 0 Å². The molecule has 2 heterocycles. The quantitative estimate of drug-likeness (QED) is 0.785. The molecule has 0 saturated carbocycles. The fourth-order valence-corrected chi connectivity index (χ4v) is 2.28. The summed E-state index contributed by atoms with van der Waals surface area (Å²) in [7, 11) is 0. The van der Waals surface area contributed by atoms with E-state index in [0.717, 1.165) is 22.6 Å². The summed E-state index contributed by atoms with van der Waals surface area (Å²) >= 11 is 0. The van der Waals surface area contributed by atoms with Gasteiger partial charge in [0.15, 0.2) is 0 Å². The van der Waals surface area contributed by atoms with Crippen molar-refractivity contribution in [3.63, 3.8) is 0 Å². The van der Waals surface area contributed by atoms with Crippen molar-refractivity contribution in [1.29, 1.82) is 0 Å². The topological polar surface area (TPSA) is 50.7 Å². The molecule has 1 N–H and O–H groups in total. The number of aryl methyl sites for hydroxylation is 3. The van der Waals surface area contributed by atoms with Gasteiger partial charge in [0.1, 0.15) is 0 Å². The van der Waals surface area contributed by atoms with Gasteiger partial charge < -0.3 is 5.32 Å². The lowest BCUT2D eigenvalue weighted by Gasteiger charge is -2.11. The number of nitrogens with zero attached hydrogens (tertiary/aromatic N) is 3. The smallest absolute Gasteiger partial charge is 0.227 e. The minimum atomic E-state index is 0.604. The van der Waals surface area contributed by atoms with Gasteiger partial charge in [-0.1, -0.05) is 12.1 Å². The van der Waals surface area contributed by atoms with Gasteiger partial charge in [0.05, 0.1) is 5.69 Å². The van der Waals surface area contributed by atoms with Gasteiger partial charge in [-0.2, -0.15) is 0 Å². The highest BCUT2D eigenvalue weighted by Crippen LogP contribution is 2.22. The summed E-state index contributed by atoms with van der Waals surface area (Å²) < 4.78 is 0. The summed E-state index contributed by atoms with van der Waals surface area (Å²) in [4.78, 5) is 13.2. The van der Waals surface area contributed by atoms with E-state index in [1.54, 1.807) is 6.20 Å². The number of rotatable bonds is 3. The molecular weight excluding hydrogens is 272 g/mol. The van der Waals surface area contributed by atoms with Gasteiger partial charge in [-0.25, -0.2) is 9.97 Å². The maximum atomic E-state index is 4.61. The number of hydrogen-bond acceptors (Lipinski definition) is 4. The van der Waals surface area contributed by atoms with Gasteiger partial charge in [-0.3, -0.25) is 4.98 Å². The molecule has 0 aliphatic rings. The molecule has 0 fully saturated rings. The molecule has 1 aromatic carbocycles. The van der Waals surface area contributed by atoms with Crippen LogP contribution in [0.3, 0.4) is 0 Å². The Morgan fingerprint density at radius 2 is 1.82 bits per heavy atom. The fourth-order valence-electron chi connectivity index (χ4n) is 2.28. The maximum absolute atomic E-state index is 4.61. The normalized spacial score (nSPS) is 10.5. The molecule has 0 saturated heterocycles. The van der Waals surface area contributed by atoms with Crippen molar-refractivity contribution in [3.8, 4) is 11.3 Å². The van der Waals surface area contributed by atoms with Crippen molar-refractivity contribution >= 4 is 11.6 Å². The molecule has 0 unspecified atom stereocenters. The summed E-state index contributed by atoms with van der Waals surface area (Å²) in [5.41, 5.74) is 6.17. The highest BCUT2D eigenvalue weighted by atomic mass is 15.1. The Kier molecular flexibility index (Phi) is 3.83. The second kappa shape index (κ2) is 5.93. The van der Waals surface area contributed by atoms with Crippen molar-refractivity contribution in [3.05, 3.63) is 65.6 Å². The van der Waals surface area contributed by atoms with E-state index in [1.165, 1.54) is 11.1 Å². The minimum absolute atomic E-state index is 0.604. The Hall–Kier alpha value is -2.75. The van der Waals surface area contributed by atoms with Gasteiger partial charge in [-0.05, 0) is 56.2 Å². The molecule has 0 aliphatic carbocycles. The zero-order chi connectivity index (χ0) is 15.5. The molecule has 3 rings (SSSR count). The third-order valence-corrected chi connectivity index (χ3v) is 3.45. The van der Waals surface area contributed by atoms with Crippen LogP contribution in [0.25, 0.3) is 11.3 Å². The van der Waals surface area contributed by atoms with Crippen LogP contribution in [0.5, 0.6) is 0 Å². The van der Waals surface area contributed by atoms with Gasteiger partial charge >= 0.3 is 0 Å². The summed E-state index contributed by atoms with van der Waals surface area (Å²) in [6.45, 7) is 6.11. The third-order valence-electron chi connectivity index (χ3n) is 3.45. The van der Waals surface area contributed by atoms with E-state index >= 15 is 0 Å². The number of benzene rings is 1. The van der Waals surface area contributed by atoms with E-state index < -0.39 is 0 Å². The van der Waals surface area contributed by atoms with Crippen molar-refractivity contribution < 1.29 is 0 Å². The van der Waals surface area contributed by atoms with Crippen LogP contribution in [0.1, 0.15) is 16.8 Å². The molecule has 4 heteroatoms. The molecule has 0 atom stereocenters. The maximum Gasteiger partial charge on any atom is 0.227 e. The van der Waals surface area contributed by atoms with Crippen LogP contribution in [0.15, 0.2) is 48.8 Å². The van der Waals surface area contributed by atoms with Gasteiger partial charge in [0.2, 0.25) is 5.95 Å². The van der Waals surface area contributed by atoms with E-state index in [2.05, 4.69) is 52.3 Å². The summed E-state index contributed by atoms with van der Waals surface area (Å²) in [6.07, 6.45) is 3.57. The van der Waals surface area contributed by atoms with E-state index in [-0.39, 0.29) is 0 Å². The number of hydrogen-bond donors (Lipinski definition) is 1. The van der Waals surface area contributed by atoms with Crippen molar-refractivity contribution in [1.82, 2.24) is 15.0 Å². The molecule has 0 bridgehead atoms. The molecule has 3 aromatic rings. The zero-order valence-electron chi connectivity index (χ0n) is 13.0. The van der Waals surface area contributed by atoms with Crippen LogP contribution < -0.4 is 5.32 Å². The average molecular weight is 290 g/mol. The molecule has 0 aliphatic heterocycles. The molecule has 0 amide bonds. The first-order valence-electron chi connectivity index (χ1n) is 7.22. The molecular formula is C18H18N4. The van der Waals surface area contributed by atoms with E-state index in [1.807, 2.05) is 31.3 Å². The van der Waals surface area contributed by atoms with Crippen LogP contribution in [0, 0.1) is 20.8 Å². The van der Waals surface area contributed by atoms with Gasteiger partial charge in [0, 0.05) is 29.3 Å². The van der Waals surface area contributed by atoms with Crippen LogP contribution in [0.4, 0.5) is 11.6 Å². The lowest BCUT2D eigenvalue weighted by Crippen LogP contribution is -2.01. The SMILES string of the molecule is Cc1ccc(C)c(Nc2nc(C)cc(-c3cccnc3)n2)c1. The van der Waals surface area contributed by atoms with Gasteiger partial charge in [-0.15, -0.1) is 0 Å². The van der Waals surface area contributed by atoms with Crippen LogP contribution in [0.2, 0.25) is 0 Å². The lowest BCUT2D eigenvalue weighted by molar-refractivity contribution is 1.10. The standard InChI is InChI=1S/C18H18N4/c1-12-6-7-13(2)16(9-12)21-18-20-14(3)10-17(22-18)15-5-4-8-19-11-15/h4-11H,1-3H3,(H,20,21,22). The predicted molar refractivity (Wildman–Crippen MR) is 89.2 cm³/mol. The predicted octanol–water partition coefficient (Wildman–Crippen LogP) is 4.21. The van der Waals surface area contributed by atoms with Crippen molar-refractivity contribution in [2.75, 3.05) is 5.32 Å². The first-order valence-corrected chi connectivity index (χ1v) is 7.22. The van der Waals surface area contributed by atoms with Crippen molar-refractivity contribution in [2.45, 2.75) is 20.8 Å². The number of nitrogens with one attached hydrogen (secondary N) is 1. The van der Waals surface area contributed by atoms with Crippen LogP contribution >= 0.6 is 0 Å². The Balaban J connectivity index is 1.98. The first kappa shape index (κ1) is 14.2. The highest BCUT2D eigenvalue weighted by molar-refractivity contribution is 5.63. The molecule has 0 radical (unpaired) electrons. The first-order chi connectivity index (χ1) is 10.6. The fraction of sp³-hybridized carbons (Fsp3) is 0.167. The lowest BCUT2D eigenvalue weighted by atomic mass is 10.1. The summed E-state index contributed by atoms with van der Waals surface area (Å²) in [5, 5.41) is 3.32. The monoisotopic (exact) mass is 290 g/mol. The van der Waals surface area contributed by atoms with Crippen LogP contribution in [-0.4, -0.2) is 15.0 Å². The van der Waals surface area contributed by atoms with E-state index in [9.17, 15) is 0 Å². The highest BCUT2D eigenvalue weighted by Gasteiger charge is 2.06. The number of pyridine rings is 1. The third kappa shape index (κ3) is 3.11. The Labute approximate surface area is 130 Å². The molecule has 110 valence electrons. The van der Waals surface area contributed by atoms with E-state index in [4.69, 9.17) is 0 Å². The Morgan fingerprint density at radius 3 is 2.59 bits per heavy atom. The zero-order valence-corrected chi connectivity index (χ0v) is 13.0. The second-order valence-electron chi connectivity index (χ2n) is 5.40.